The smallest absolute Gasteiger partial charge is 0.270 e. The van der Waals surface area contributed by atoms with Crippen LogP contribution in [0.5, 0.6) is 5.75 Å². The summed E-state index contributed by atoms with van der Waals surface area (Å²) in [5.74, 6) is 0.678. The highest BCUT2D eigenvalue weighted by Crippen LogP contribution is 2.27. The Kier molecular flexibility index (Phi) is 4.74. The van der Waals surface area contributed by atoms with Crippen LogP contribution in [0.1, 0.15) is 31.3 Å². The Balaban J connectivity index is 2.21. The molecule has 2 rings (SSSR count). The molecule has 1 heterocycles. The maximum absolute atomic E-state index is 11.7. The van der Waals surface area contributed by atoms with Gasteiger partial charge in [-0.1, -0.05) is 12.1 Å². The van der Waals surface area contributed by atoms with Crippen molar-refractivity contribution in [2.24, 2.45) is 0 Å². The van der Waals surface area contributed by atoms with Crippen LogP contribution in [0.4, 0.5) is 0 Å². The van der Waals surface area contributed by atoms with Crippen molar-refractivity contribution in [3.8, 4) is 16.3 Å². The third kappa shape index (κ3) is 3.57. The minimum Gasteiger partial charge on any atom is -0.491 e. The second kappa shape index (κ2) is 6.52. The molecule has 0 bridgehead atoms. The van der Waals surface area contributed by atoms with Crippen LogP contribution in [-0.2, 0) is 0 Å². The Hall–Kier alpha value is -1.88. The molecule has 0 spiro atoms. The average molecular weight is 290 g/mol. The molecular formula is C15H18N2O2S. The lowest BCUT2D eigenvalue weighted by molar-refractivity contribution is 0.0951. The SMILES string of the molecule is CCNC(=O)c1csc(-c2cccc(OC(C)C)c2)n1. The Labute approximate surface area is 122 Å². The Bertz CT molecular complexity index is 593. The summed E-state index contributed by atoms with van der Waals surface area (Å²) >= 11 is 1.46. The highest BCUT2D eigenvalue weighted by Gasteiger charge is 2.11. The molecule has 4 nitrogen and oxygen atoms in total. The summed E-state index contributed by atoms with van der Waals surface area (Å²) in [6.07, 6.45) is 0.132. The van der Waals surface area contributed by atoms with Crippen molar-refractivity contribution in [2.75, 3.05) is 6.54 Å². The summed E-state index contributed by atoms with van der Waals surface area (Å²) in [7, 11) is 0. The van der Waals surface area contributed by atoms with Gasteiger partial charge < -0.3 is 10.1 Å². The van der Waals surface area contributed by atoms with E-state index in [9.17, 15) is 4.79 Å². The quantitative estimate of drug-likeness (QED) is 0.918. The van der Waals surface area contributed by atoms with Crippen molar-refractivity contribution in [1.82, 2.24) is 10.3 Å². The van der Waals surface area contributed by atoms with Gasteiger partial charge in [0.2, 0.25) is 0 Å². The third-order valence-electron chi connectivity index (χ3n) is 2.53. The highest BCUT2D eigenvalue weighted by molar-refractivity contribution is 7.13. The predicted octanol–water partition coefficient (Wildman–Crippen LogP) is 3.35. The number of rotatable bonds is 5. The fraction of sp³-hybridized carbons (Fsp3) is 0.333. The molecule has 20 heavy (non-hydrogen) atoms. The van der Waals surface area contributed by atoms with E-state index in [0.717, 1.165) is 16.3 Å². The zero-order valence-corrected chi connectivity index (χ0v) is 12.7. The van der Waals surface area contributed by atoms with Gasteiger partial charge in [-0.05, 0) is 32.9 Å². The van der Waals surface area contributed by atoms with Crippen molar-refractivity contribution in [3.05, 3.63) is 35.3 Å². The first kappa shape index (κ1) is 14.5. The van der Waals surface area contributed by atoms with Gasteiger partial charge >= 0.3 is 0 Å². The van der Waals surface area contributed by atoms with Gasteiger partial charge in [0.15, 0.2) is 0 Å². The topological polar surface area (TPSA) is 51.2 Å². The number of thiazole rings is 1. The molecule has 0 atom stereocenters. The van der Waals surface area contributed by atoms with E-state index in [1.54, 1.807) is 5.38 Å². The molecule has 0 aliphatic rings. The van der Waals surface area contributed by atoms with Crippen LogP contribution < -0.4 is 10.1 Å². The van der Waals surface area contributed by atoms with Gasteiger partial charge in [-0.25, -0.2) is 4.98 Å². The summed E-state index contributed by atoms with van der Waals surface area (Å²) in [6.45, 7) is 6.47. The zero-order chi connectivity index (χ0) is 14.5. The molecule has 0 saturated heterocycles. The molecule has 0 saturated carbocycles. The van der Waals surface area contributed by atoms with Gasteiger partial charge in [0, 0.05) is 17.5 Å². The number of amides is 1. The molecule has 1 aromatic carbocycles. The number of hydrogen-bond acceptors (Lipinski definition) is 4. The first-order valence-electron chi connectivity index (χ1n) is 6.61. The van der Waals surface area contributed by atoms with E-state index >= 15 is 0 Å². The second-order valence-corrected chi connectivity index (χ2v) is 5.45. The number of aromatic nitrogens is 1. The van der Waals surface area contributed by atoms with Crippen LogP contribution in [0.25, 0.3) is 10.6 Å². The van der Waals surface area contributed by atoms with Crippen molar-refractivity contribution in [1.29, 1.82) is 0 Å². The van der Waals surface area contributed by atoms with E-state index in [4.69, 9.17) is 4.74 Å². The molecule has 0 radical (unpaired) electrons. The number of benzene rings is 1. The van der Waals surface area contributed by atoms with Gasteiger partial charge in [-0.2, -0.15) is 0 Å². The van der Waals surface area contributed by atoms with Crippen LogP contribution in [0, 0.1) is 0 Å². The summed E-state index contributed by atoms with van der Waals surface area (Å²) in [5.41, 5.74) is 1.42. The molecule has 0 unspecified atom stereocenters. The van der Waals surface area contributed by atoms with Crippen molar-refractivity contribution < 1.29 is 9.53 Å². The van der Waals surface area contributed by atoms with Crippen LogP contribution >= 0.6 is 11.3 Å². The first-order chi connectivity index (χ1) is 9.60. The average Bonchev–Trinajstić information content (AvgIpc) is 2.88. The molecule has 1 amide bonds. The minimum absolute atomic E-state index is 0.132. The lowest BCUT2D eigenvalue weighted by atomic mass is 10.2. The maximum atomic E-state index is 11.7. The van der Waals surface area contributed by atoms with Gasteiger partial charge in [0.1, 0.15) is 16.5 Å². The Morgan fingerprint density at radius 2 is 2.25 bits per heavy atom. The molecule has 1 aromatic heterocycles. The maximum Gasteiger partial charge on any atom is 0.270 e. The van der Waals surface area contributed by atoms with E-state index < -0.39 is 0 Å². The predicted molar refractivity (Wildman–Crippen MR) is 81.3 cm³/mol. The van der Waals surface area contributed by atoms with Crippen LogP contribution in [0.3, 0.4) is 0 Å². The summed E-state index contributed by atoms with van der Waals surface area (Å²) < 4.78 is 5.67. The van der Waals surface area contributed by atoms with Crippen molar-refractivity contribution in [2.45, 2.75) is 26.9 Å². The fourth-order valence-electron chi connectivity index (χ4n) is 1.74. The first-order valence-corrected chi connectivity index (χ1v) is 7.49. The Morgan fingerprint density at radius 3 is 2.95 bits per heavy atom. The largest absolute Gasteiger partial charge is 0.491 e. The van der Waals surface area contributed by atoms with Gasteiger partial charge in [0.25, 0.3) is 5.91 Å². The van der Waals surface area contributed by atoms with E-state index in [0.29, 0.717) is 12.2 Å². The normalized spacial score (nSPS) is 10.6. The summed E-state index contributed by atoms with van der Waals surface area (Å²) in [4.78, 5) is 16.1. The van der Waals surface area contributed by atoms with Crippen LogP contribution in [0.2, 0.25) is 0 Å². The fourth-order valence-corrected chi connectivity index (χ4v) is 2.53. The standard InChI is InChI=1S/C15H18N2O2S/c1-4-16-14(18)13-9-20-15(17-13)11-6-5-7-12(8-11)19-10(2)3/h5-10H,4H2,1-3H3,(H,16,18). The molecule has 0 aliphatic heterocycles. The Morgan fingerprint density at radius 1 is 1.45 bits per heavy atom. The molecule has 5 heteroatoms. The summed E-state index contributed by atoms with van der Waals surface area (Å²) in [5, 5.41) is 5.34. The number of carbonyl (C=O) groups excluding carboxylic acids is 1. The number of ether oxygens (including phenoxy) is 1. The van der Waals surface area contributed by atoms with Crippen LogP contribution in [-0.4, -0.2) is 23.5 Å². The van der Waals surface area contributed by atoms with E-state index in [-0.39, 0.29) is 12.0 Å². The molecule has 0 fully saturated rings. The van der Waals surface area contributed by atoms with Crippen molar-refractivity contribution >= 4 is 17.2 Å². The van der Waals surface area contributed by atoms with Gasteiger partial charge in [-0.15, -0.1) is 11.3 Å². The lowest BCUT2D eigenvalue weighted by Crippen LogP contribution is -2.22. The van der Waals surface area contributed by atoms with Crippen LogP contribution in [0.15, 0.2) is 29.6 Å². The van der Waals surface area contributed by atoms with E-state index in [2.05, 4.69) is 10.3 Å². The molecular weight excluding hydrogens is 272 g/mol. The molecule has 2 aromatic rings. The van der Waals surface area contributed by atoms with Crippen molar-refractivity contribution in [3.63, 3.8) is 0 Å². The second-order valence-electron chi connectivity index (χ2n) is 4.59. The van der Waals surface area contributed by atoms with Gasteiger partial charge in [-0.3, -0.25) is 4.79 Å². The van der Waals surface area contributed by atoms with E-state index in [1.165, 1.54) is 11.3 Å². The monoisotopic (exact) mass is 290 g/mol. The number of hydrogen-bond donors (Lipinski definition) is 1. The number of carbonyl (C=O) groups is 1. The molecule has 0 aliphatic carbocycles. The summed E-state index contributed by atoms with van der Waals surface area (Å²) in [6, 6.07) is 7.76. The zero-order valence-electron chi connectivity index (χ0n) is 11.8. The van der Waals surface area contributed by atoms with Gasteiger partial charge in [0.05, 0.1) is 6.10 Å². The minimum atomic E-state index is -0.135. The number of nitrogens with one attached hydrogen (secondary N) is 1. The number of nitrogens with zero attached hydrogens (tertiary/aromatic N) is 1. The third-order valence-corrected chi connectivity index (χ3v) is 3.42. The molecule has 106 valence electrons. The lowest BCUT2D eigenvalue weighted by Gasteiger charge is -2.09. The molecule has 1 N–H and O–H groups in total. The highest BCUT2D eigenvalue weighted by atomic mass is 32.1. The van der Waals surface area contributed by atoms with E-state index in [1.807, 2.05) is 45.0 Å².